The van der Waals surface area contributed by atoms with E-state index in [1.807, 2.05) is 25.1 Å². The first-order valence-electron chi connectivity index (χ1n) is 6.04. The lowest BCUT2D eigenvalue weighted by molar-refractivity contribution is 0.0516. The van der Waals surface area contributed by atoms with Crippen LogP contribution in [-0.2, 0) is 4.84 Å². The van der Waals surface area contributed by atoms with E-state index < -0.39 is 5.97 Å². The van der Waals surface area contributed by atoms with E-state index in [9.17, 15) is 4.79 Å². The van der Waals surface area contributed by atoms with Crippen LogP contribution in [0.3, 0.4) is 0 Å². The quantitative estimate of drug-likeness (QED) is 0.405. The summed E-state index contributed by atoms with van der Waals surface area (Å²) in [5.74, 6) is -0.545. The third-order valence-electron chi connectivity index (χ3n) is 2.70. The maximum atomic E-state index is 11.8. The fourth-order valence-corrected chi connectivity index (χ4v) is 1.92. The van der Waals surface area contributed by atoms with Crippen molar-refractivity contribution in [2.75, 3.05) is 0 Å². The molecule has 0 saturated heterocycles. The largest absolute Gasteiger partial charge is 0.380 e. The third-order valence-corrected chi connectivity index (χ3v) is 3.44. The minimum atomic E-state index is -0.663. The van der Waals surface area contributed by atoms with Gasteiger partial charge >= 0.3 is 5.97 Å². The number of halogens is 2. The molecule has 0 unspecified atom stereocenters. The lowest BCUT2D eigenvalue weighted by atomic mass is 10.1. The van der Waals surface area contributed by atoms with E-state index in [0.29, 0.717) is 10.6 Å². The Morgan fingerprint density at radius 1 is 1.10 bits per heavy atom. The fraction of sp³-hybridized carbons (Fsp3) is 0.0667. The highest BCUT2D eigenvalue weighted by atomic mass is 35.5. The molecule has 21 heavy (non-hydrogen) atoms. The minimum absolute atomic E-state index is 0.118. The summed E-state index contributed by atoms with van der Waals surface area (Å²) in [6.07, 6.45) is 0. The minimum Gasteiger partial charge on any atom is -0.380 e. The molecule has 0 heterocycles. The van der Waals surface area contributed by atoms with Gasteiger partial charge in [-0.05, 0) is 31.2 Å². The predicted molar refractivity (Wildman–Crippen MR) is 83.8 cm³/mol. The lowest BCUT2D eigenvalue weighted by Crippen LogP contribution is -2.15. The second kappa shape index (κ2) is 6.61. The molecule has 0 aliphatic heterocycles. The number of carbonyl (C=O) groups is 1. The van der Waals surface area contributed by atoms with Crippen LogP contribution in [0, 0.1) is 6.92 Å². The molecule has 6 heteroatoms. The first kappa shape index (κ1) is 15.4. The number of nitrogens with two attached hydrogens (primary N) is 1. The van der Waals surface area contributed by atoms with E-state index in [4.69, 9.17) is 33.8 Å². The van der Waals surface area contributed by atoms with Gasteiger partial charge in [0.25, 0.3) is 0 Å². The topological polar surface area (TPSA) is 64.7 Å². The molecule has 0 saturated carbocycles. The zero-order valence-electron chi connectivity index (χ0n) is 11.1. The summed E-state index contributed by atoms with van der Waals surface area (Å²) >= 11 is 11.6. The van der Waals surface area contributed by atoms with E-state index in [-0.39, 0.29) is 16.4 Å². The summed E-state index contributed by atoms with van der Waals surface area (Å²) in [5, 5.41) is 4.26. The molecule has 2 aromatic carbocycles. The Kier molecular flexibility index (Phi) is 4.83. The van der Waals surface area contributed by atoms with Crippen molar-refractivity contribution in [3.63, 3.8) is 0 Å². The van der Waals surface area contributed by atoms with Gasteiger partial charge in [-0.1, -0.05) is 52.1 Å². The number of benzene rings is 2. The molecular weight excluding hydrogens is 311 g/mol. The Morgan fingerprint density at radius 3 is 2.52 bits per heavy atom. The molecule has 0 spiro atoms. The lowest BCUT2D eigenvalue weighted by Gasteiger charge is -2.03. The van der Waals surface area contributed by atoms with Gasteiger partial charge in [0.1, 0.15) is 0 Å². The molecule has 0 aliphatic carbocycles. The van der Waals surface area contributed by atoms with E-state index in [2.05, 4.69) is 5.16 Å². The van der Waals surface area contributed by atoms with Crippen LogP contribution in [0.1, 0.15) is 21.5 Å². The third kappa shape index (κ3) is 3.97. The van der Waals surface area contributed by atoms with Crippen molar-refractivity contribution < 1.29 is 9.63 Å². The molecule has 0 fully saturated rings. The average Bonchev–Trinajstić information content (AvgIpc) is 2.47. The fourth-order valence-electron chi connectivity index (χ4n) is 1.62. The number of hydrogen-bond acceptors (Lipinski definition) is 3. The number of rotatable bonds is 3. The van der Waals surface area contributed by atoms with Gasteiger partial charge in [-0.25, -0.2) is 4.79 Å². The SMILES string of the molecule is Cc1cccc(/C(N)=N\OC(=O)c2ccc(Cl)c(Cl)c2)c1. The number of nitrogens with zero attached hydrogens (tertiary/aromatic N) is 1. The molecule has 2 N–H and O–H groups in total. The Balaban J connectivity index is 2.12. The molecule has 108 valence electrons. The monoisotopic (exact) mass is 322 g/mol. The number of oxime groups is 1. The maximum Gasteiger partial charge on any atom is 0.365 e. The summed E-state index contributed by atoms with van der Waals surface area (Å²) < 4.78 is 0. The maximum absolute atomic E-state index is 11.8. The van der Waals surface area contributed by atoms with Crippen molar-refractivity contribution in [2.45, 2.75) is 6.92 Å². The van der Waals surface area contributed by atoms with Crippen molar-refractivity contribution in [1.29, 1.82) is 0 Å². The number of amidine groups is 1. The molecule has 0 amide bonds. The van der Waals surface area contributed by atoms with Gasteiger partial charge in [0, 0.05) is 5.56 Å². The Bertz CT molecular complexity index is 715. The summed E-state index contributed by atoms with van der Waals surface area (Å²) in [7, 11) is 0. The van der Waals surface area contributed by atoms with Crippen LogP contribution in [0.5, 0.6) is 0 Å². The Labute approximate surface area is 132 Å². The highest BCUT2D eigenvalue weighted by Gasteiger charge is 2.10. The van der Waals surface area contributed by atoms with Gasteiger partial charge in [0.05, 0.1) is 15.6 Å². The number of hydrogen-bond donors (Lipinski definition) is 1. The van der Waals surface area contributed by atoms with Gasteiger partial charge in [-0.3, -0.25) is 0 Å². The molecular formula is C15H12Cl2N2O2. The van der Waals surface area contributed by atoms with Crippen LogP contribution in [-0.4, -0.2) is 11.8 Å². The molecule has 0 bridgehead atoms. The van der Waals surface area contributed by atoms with E-state index in [1.54, 1.807) is 6.07 Å². The molecule has 2 aromatic rings. The van der Waals surface area contributed by atoms with E-state index in [1.165, 1.54) is 18.2 Å². The Hall–Kier alpha value is -2.04. The van der Waals surface area contributed by atoms with Crippen LogP contribution >= 0.6 is 23.2 Å². The van der Waals surface area contributed by atoms with Crippen LogP contribution in [0.25, 0.3) is 0 Å². The highest BCUT2D eigenvalue weighted by Crippen LogP contribution is 2.22. The van der Waals surface area contributed by atoms with E-state index >= 15 is 0 Å². The smallest absolute Gasteiger partial charge is 0.365 e. The van der Waals surface area contributed by atoms with Crippen LogP contribution < -0.4 is 5.73 Å². The number of aryl methyl sites for hydroxylation is 1. The zero-order chi connectivity index (χ0) is 15.4. The first-order valence-corrected chi connectivity index (χ1v) is 6.80. The van der Waals surface area contributed by atoms with Crippen molar-refractivity contribution in [3.8, 4) is 0 Å². The van der Waals surface area contributed by atoms with Crippen molar-refractivity contribution in [1.82, 2.24) is 0 Å². The normalized spacial score (nSPS) is 11.3. The highest BCUT2D eigenvalue weighted by molar-refractivity contribution is 6.42. The van der Waals surface area contributed by atoms with Crippen LogP contribution in [0.2, 0.25) is 10.0 Å². The predicted octanol–water partition coefficient (Wildman–Crippen LogP) is 3.78. The van der Waals surface area contributed by atoms with Gasteiger partial charge in [0.15, 0.2) is 5.84 Å². The van der Waals surface area contributed by atoms with Gasteiger partial charge in [-0.2, -0.15) is 0 Å². The molecule has 0 atom stereocenters. The van der Waals surface area contributed by atoms with Crippen LogP contribution in [0.15, 0.2) is 47.6 Å². The van der Waals surface area contributed by atoms with Crippen molar-refractivity contribution in [3.05, 3.63) is 69.2 Å². The molecule has 0 aromatic heterocycles. The molecule has 4 nitrogen and oxygen atoms in total. The molecule has 0 aliphatic rings. The van der Waals surface area contributed by atoms with Crippen molar-refractivity contribution >= 4 is 35.0 Å². The number of carbonyl (C=O) groups excluding carboxylic acids is 1. The summed E-state index contributed by atoms with van der Waals surface area (Å²) in [6.45, 7) is 1.93. The Morgan fingerprint density at radius 2 is 1.86 bits per heavy atom. The van der Waals surface area contributed by atoms with Crippen LogP contribution in [0.4, 0.5) is 0 Å². The van der Waals surface area contributed by atoms with Gasteiger partial charge in [0.2, 0.25) is 0 Å². The van der Waals surface area contributed by atoms with Gasteiger partial charge < -0.3 is 10.6 Å². The first-order chi connectivity index (χ1) is 9.97. The second-order valence-corrected chi connectivity index (χ2v) is 5.17. The van der Waals surface area contributed by atoms with E-state index in [0.717, 1.165) is 5.56 Å². The average molecular weight is 323 g/mol. The summed E-state index contributed by atoms with van der Waals surface area (Å²) in [6, 6.07) is 11.8. The van der Waals surface area contributed by atoms with Gasteiger partial charge in [-0.15, -0.1) is 0 Å². The standard InChI is InChI=1S/C15H12Cl2N2O2/c1-9-3-2-4-10(7-9)14(18)19-21-15(20)11-5-6-12(16)13(17)8-11/h2-8H,1H3,(H2,18,19). The summed E-state index contributed by atoms with van der Waals surface area (Å²) in [5.41, 5.74) is 7.72. The second-order valence-electron chi connectivity index (χ2n) is 4.35. The molecule has 2 rings (SSSR count). The zero-order valence-corrected chi connectivity index (χ0v) is 12.7. The summed E-state index contributed by atoms with van der Waals surface area (Å²) in [4.78, 5) is 16.6. The molecule has 0 radical (unpaired) electrons. The van der Waals surface area contributed by atoms with Crippen molar-refractivity contribution in [2.24, 2.45) is 10.9 Å².